The molecular weight excluding hydrogens is 404 g/mol. The van der Waals surface area contributed by atoms with E-state index in [1.165, 1.54) is 0 Å². The number of nitrogens with zero attached hydrogens (tertiary/aromatic N) is 3. The summed E-state index contributed by atoms with van der Waals surface area (Å²) in [5.41, 5.74) is 3.98. The van der Waals surface area contributed by atoms with Crippen LogP contribution in [0.25, 0.3) is 0 Å². The lowest BCUT2D eigenvalue weighted by Gasteiger charge is -2.30. The van der Waals surface area contributed by atoms with Gasteiger partial charge in [-0.1, -0.05) is 6.07 Å². The first-order valence-electron chi connectivity index (χ1n) is 10.8. The number of amides is 3. The molecule has 3 rings (SSSR count). The highest BCUT2D eigenvalue weighted by Gasteiger charge is 2.25. The van der Waals surface area contributed by atoms with Gasteiger partial charge in [0.25, 0.3) is 0 Å². The Balaban J connectivity index is 1.75. The fraction of sp³-hybridized carbons (Fsp3) is 0.360. The van der Waals surface area contributed by atoms with E-state index in [0.717, 1.165) is 16.8 Å². The Morgan fingerprint density at radius 1 is 1.06 bits per heavy atom. The molecule has 0 aliphatic heterocycles. The molecule has 3 aromatic rings. The topological polar surface area (TPSA) is 70.7 Å². The minimum absolute atomic E-state index is 0.0283. The van der Waals surface area contributed by atoms with Crippen LogP contribution in [-0.2, 0) is 24.9 Å². The Labute approximate surface area is 189 Å². The molecule has 0 radical (unpaired) electrons. The van der Waals surface area contributed by atoms with Crippen LogP contribution in [0.2, 0.25) is 0 Å². The van der Waals surface area contributed by atoms with Gasteiger partial charge < -0.3 is 24.1 Å². The Morgan fingerprint density at radius 3 is 2.44 bits per heavy atom. The lowest BCUT2D eigenvalue weighted by molar-refractivity contribution is -0.133. The SMILES string of the molecule is Cc1ccc(NC(=O)N(CC(=O)N(Cc2ccco2)Cc2cccn2C)C(C)C)cc1C. The van der Waals surface area contributed by atoms with Crippen LogP contribution in [0.3, 0.4) is 0 Å². The van der Waals surface area contributed by atoms with Crippen molar-refractivity contribution in [3.05, 3.63) is 77.5 Å². The minimum atomic E-state index is -0.298. The van der Waals surface area contributed by atoms with Crippen LogP contribution in [0.15, 0.2) is 59.3 Å². The van der Waals surface area contributed by atoms with Gasteiger partial charge in [-0.2, -0.15) is 0 Å². The number of hydrogen-bond donors (Lipinski definition) is 1. The first-order chi connectivity index (χ1) is 15.2. The zero-order valence-corrected chi connectivity index (χ0v) is 19.5. The second-order valence-electron chi connectivity index (χ2n) is 8.39. The Bertz CT molecular complexity index is 1050. The summed E-state index contributed by atoms with van der Waals surface area (Å²) in [6.45, 7) is 8.57. The monoisotopic (exact) mass is 436 g/mol. The molecule has 7 heteroatoms. The first kappa shape index (κ1) is 23.2. The molecule has 2 heterocycles. The molecule has 0 aliphatic carbocycles. The number of aromatic nitrogens is 1. The normalized spacial score (nSPS) is 10.9. The van der Waals surface area contributed by atoms with Gasteiger partial charge in [-0.25, -0.2) is 4.79 Å². The van der Waals surface area contributed by atoms with Crippen molar-refractivity contribution in [1.82, 2.24) is 14.4 Å². The molecule has 7 nitrogen and oxygen atoms in total. The number of aryl methyl sites for hydroxylation is 3. The van der Waals surface area contributed by atoms with Gasteiger partial charge in [0.05, 0.1) is 19.4 Å². The Kier molecular flexibility index (Phi) is 7.41. The highest BCUT2D eigenvalue weighted by atomic mass is 16.3. The van der Waals surface area contributed by atoms with Crippen molar-refractivity contribution >= 4 is 17.6 Å². The van der Waals surface area contributed by atoms with Crippen LogP contribution < -0.4 is 5.32 Å². The smallest absolute Gasteiger partial charge is 0.322 e. The van der Waals surface area contributed by atoms with Gasteiger partial charge in [0, 0.05) is 30.7 Å². The van der Waals surface area contributed by atoms with Crippen LogP contribution in [0, 0.1) is 13.8 Å². The molecule has 1 N–H and O–H groups in total. The van der Waals surface area contributed by atoms with Crippen molar-refractivity contribution in [2.24, 2.45) is 7.05 Å². The van der Waals surface area contributed by atoms with Gasteiger partial charge in [-0.05, 0) is 75.2 Å². The summed E-state index contributed by atoms with van der Waals surface area (Å²) in [6, 6.07) is 12.9. The second-order valence-corrected chi connectivity index (χ2v) is 8.39. The Hall–Kier alpha value is -3.48. The number of nitrogens with one attached hydrogen (secondary N) is 1. The fourth-order valence-electron chi connectivity index (χ4n) is 3.43. The maximum Gasteiger partial charge on any atom is 0.322 e. The summed E-state index contributed by atoms with van der Waals surface area (Å²) in [6.07, 6.45) is 3.54. The van der Waals surface area contributed by atoms with Crippen LogP contribution in [-0.4, -0.2) is 38.9 Å². The molecule has 0 saturated heterocycles. The third-order valence-corrected chi connectivity index (χ3v) is 5.63. The van der Waals surface area contributed by atoms with Gasteiger partial charge >= 0.3 is 6.03 Å². The Morgan fingerprint density at radius 2 is 1.84 bits per heavy atom. The van der Waals surface area contributed by atoms with Crippen LogP contribution in [0.5, 0.6) is 0 Å². The molecule has 0 bridgehead atoms. The maximum atomic E-state index is 13.3. The van der Waals surface area contributed by atoms with Gasteiger partial charge in [0.1, 0.15) is 12.3 Å². The van der Waals surface area contributed by atoms with Crippen molar-refractivity contribution in [3.63, 3.8) is 0 Å². The third-order valence-electron chi connectivity index (χ3n) is 5.63. The van der Waals surface area contributed by atoms with Gasteiger partial charge in [0.2, 0.25) is 5.91 Å². The van der Waals surface area contributed by atoms with Crippen molar-refractivity contribution in [2.45, 2.75) is 46.8 Å². The highest BCUT2D eigenvalue weighted by Crippen LogP contribution is 2.16. The van der Waals surface area contributed by atoms with Gasteiger partial charge in [0.15, 0.2) is 0 Å². The molecule has 1 aromatic carbocycles. The van der Waals surface area contributed by atoms with Crippen LogP contribution in [0.4, 0.5) is 10.5 Å². The predicted molar refractivity (Wildman–Crippen MR) is 125 cm³/mol. The number of carbonyl (C=O) groups is 2. The second kappa shape index (κ2) is 10.2. The van der Waals surface area contributed by atoms with E-state index in [0.29, 0.717) is 24.5 Å². The molecule has 3 amide bonds. The molecular formula is C25H32N4O3. The molecule has 170 valence electrons. The molecule has 0 aliphatic rings. The number of furan rings is 1. The lowest BCUT2D eigenvalue weighted by Crippen LogP contribution is -2.47. The number of benzene rings is 1. The average Bonchev–Trinajstić information content (AvgIpc) is 3.40. The predicted octanol–water partition coefficient (Wildman–Crippen LogP) is 4.71. The number of rotatable bonds is 8. The van der Waals surface area contributed by atoms with Gasteiger partial charge in [-0.15, -0.1) is 0 Å². The first-order valence-corrected chi connectivity index (χ1v) is 10.8. The molecule has 0 atom stereocenters. The van der Waals surface area contributed by atoms with E-state index >= 15 is 0 Å². The third kappa shape index (κ3) is 5.81. The van der Waals surface area contributed by atoms with Crippen molar-refractivity contribution < 1.29 is 14.0 Å². The van der Waals surface area contributed by atoms with E-state index in [-0.39, 0.29) is 24.5 Å². The summed E-state index contributed by atoms with van der Waals surface area (Å²) >= 11 is 0. The maximum absolute atomic E-state index is 13.3. The van der Waals surface area contributed by atoms with Crippen molar-refractivity contribution in [3.8, 4) is 0 Å². The quantitative estimate of drug-likeness (QED) is 0.556. The zero-order valence-electron chi connectivity index (χ0n) is 19.5. The van der Waals surface area contributed by atoms with E-state index in [1.54, 1.807) is 22.1 Å². The molecule has 0 fully saturated rings. The van der Waals surface area contributed by atoms with Crippen LogP contribution >= 0.6 is 0 Å². The van der Waals surface area contributed by atoms with Crippen molar-refractivity contribution in [2.75, 3.05) is 11.9 Å². The lowest BCUT2D eigenvalue weighted by atomic mass is 10.1. The summed E-state index contributed by atoms with van der Waals surface area (Å²) in [5, 5.41) is 2.93. The van der Waals surface area contributed by atoms with Gasteiger partial charge in [-0.3, -0.25) is 4.79 Å². The summed E-state index contributed by atoms with van der Waals surface area (Å²) in [5.74, 6) is 0.551. The zero-order chi connectivity index (χ0) is 23.3. The van der Waals surface area contributed by atoms with Crippen molar-refractivity contribution in [1.29, 1.82) is 0 Å². The number of urea groups is 1. The molecule has 0 unspecified atom stereocenters. The largest absolute Gasteiger partial charge is 0.467 e. The average molecular weight is 437 g/mol. The van der Waals surface area contributed by atoms with E-state index < -0.39 is 0 Å². The highest BCUT2D eigenvalue weighted by molar-refractivity contribution is 5.92. The number of hydrogen-bond acceptors (Lipinski definition) is 3. The standard InChI is InChI=1S/C25H32N4O3/c1-18(2)29(25(31)26-21-11-10-19(3)20(4)14-21)17-24(30)28(16-23-9-7-13-32-23)15-22-8-6-12-27(22)5/h6-14,18H,15-17H2,1-5H3,(H,26,31). The summed E-state index contributed by atoms with van der Waals surface area (Å²) < 4.78 is 7.45. The molecule has 2 aromatic heterocycles. The number of anilines is 1. The molecule has 0 saturated carbocycles. The van der Waals surface area contributed by atoms with E-state index in [4.69, 9.17) is 4.42 Å². The van der Waals surface area contributed by atoms with E-state index in [9.17, 15) is 9.59 Å². The number of carbonyl (C=O) groups excluding carboxylic acids is 2. The molecule has 32 heavy (non-hydrogen) atoms. The summed E-state index contributed by atoms with van der Waals surface area (Å²) in [7, 11) is 1.95. The minimum Gasteiger partial charge on any atom is -0.467 e. The fourth-order valence-corrected chi connectivity index (χ4v) is 3.43. The van der Waals surface area contributed by atoms with E-state index in [2.05, 4.69) is 5.32 Å². The summed E-state index contributed by atoms with van der Waals surface area (Å²) in [4.78, 5) is 29.6. The van der Waals surface area contributed by atoms with Crippen LogP contribution in [0.1, 0.15) is 36.4 Å². The molecule has 0 spiro atoms. The van der Waals surface area contributed by atoms with E-state index in [1.807, 2.05) is 81.9 Å².